The predicted octanol–water partition coefficient (Wildman–Crippen LogP) is 3.31. The Hall–Kier alpha value is -2.55. The number of amides is 2. The first-order valence-corrected chi connectivity index (χ1v) is 9.27. The zero-order valence-corrected chi connectivity index (χ0v) is 15.2. The second-order valence-electron chi connectivity index (χ2n) is 7.08. The van der Waals surface area contributed by atoms with Gasteiger partial charge in [0.25, 0.3) is 0 Å². The fourth-order valence-electron chi connectivity index (χ4n) is 4.02. The highest BCUT2D eigenvalue weighted by atomic mass is 16.5. The smallest absolute Gasteiger partial charge is 0.324 e. The molecule has 0 unspecified atom stereocenters. The number of hydrogen-bond acceptors (Lipinski definition) is 4. The number of methoxy groups -OCH3 is 1. The number of urea groups is 1. The minimum Gasteiger partial charge on any atom is -0.469 e. The van der Waals surface area contributed by atoms with Crippen molar-refractivity contribution in [3.8, 4) is 6.07 Å². The highest BCUT2D eigenvalue weighted by Crippen LogP contribution is 2.33. The van der Waals surface area contributed by atoms with Gasteiger partial charge in [-0.15, -0.1) is 0 Å². The molecule has 1 aliphatic carbocycles. The van der Waals surface area contributed by atoms with Crippen molar-refractivity contribution in [1.29, 1.82) is 5.26 Å². The molecule has 6 nitrogen and oxygen atoms in total. The quantitative estimate of drug-likeness (QED) is 0.760. The highest BCUT2D eigenvalue weighted by molar-refractivity contribution is 5.94. The van der Waals surface area contributed by atoms with Gasteiger partial charge in [0.05, 0.1) is 18.7 Å². The Kier molecular flexibility index (Phi) is 5.77. The van der Waals surface area contributed by atoms with Gasteiger partial charge in [0.2, 0.25) is 0 Å². The fourth-order valence-corrected chi connectivity index (χ4v) is 4.02. The van der Waals surface area contributed by atoms with Gasteiger partial charge in [0.1, 0.15) is 0 Å². The number of carbonyl (C=O) groups is 2. The molecule has 2 aliphatic rings. The third-order valence-corrected chi connectivity index (χ3v) is 5.59. The standard InChI is InChI=1S/C20H25N3O3/c1-26-19(24)11-6-15-2-7-17(8-3-15)22-12-13-23(20(22)25)18-9-4-16(14-21)5-10-18/h4-5,9-10,15,17H,2-3,6-8,11-13H2,1H3. The first-order valence-electron chi connectivity index (χ1n) is 9.27. The second-order valence-corrected chi connectivity index (χ2v) is 7.08. The SMILES string of the molecule is COC(=O)CCC1CCC(N2CCN(c3ccc(C#N)cc3)C2=O)CC1. The summed E-state index contributed by atoms with van der Waals surface area (Å²) in [4.78, 5) is 27.9. The van der Waals surface area contributed by atoms with Crippen LogP contribution in [0.4, 0.5) is 10.5 Å². The molecule has 0 aromatic heterocycles. The lowest BCUT2D eigenvalue weighted by atomic mass is 9.83. The Morgan fingerprint density at radius 3 is 2.50 bits per heavy atom. The number of ether oxygens (including phenoxy) is 1. The molecule has 2 amide bonds. The van der Waals surface area contributed by atoms with Gasteiger partial charge in [-0.25, -0.2) is 4.79 Å². The zero-order chi connectivity index (χ0) is 18.5. The van der Waals surface area contributed by atoms with Crippen LogP contribution in [0.2, 0.25) is 0 Å². The molecule has 1 aromatic carbocycles. The number of esters is 1. The molecule has 3 rings (SSSR count). The largest absolute Gasteiger partial charge is 0.469 e. The summed E-state index contributed by atoms with van der Waals surface area (Å²) in [7, 11) is 1.43. The molecule has 138 valence electrons. The van der Waals surface area contributed by atoms with Gasteiger partial charge in [-0.2, -0.15) is 5.26 Å². The average molecular weight is 355 g/mol. The number of hydrogen-bond donors (Lipinski definition) is 0. The van der Waals surface area contributed by atoms with Crippen molar-refractivity contribution in [3.05, 3.63) is 29.8 Å². The van der Waals surface area contributed by atoms with E-state index in [1.807, 2.05) is 17.0 Å². The van der Waals surface area contributed by atoms with E-state index in [2.05, 4.69) is 6.07 Å². The summed E-state index contributed by atoms with van der Waals surface area (Å²) in [5, 5.41) is 8.90. The topological polar surface area (TPSA) is 73.6 Å². The summed E-state index contributed by atoms with van der Waals surface area (Å²) in [6.45, 7) is 1.43. The van der Waals surface area contributed by atoms with Crippen molar-refractivity contribution in [3.63, 3.8) is 0 Å². The number of nitriles is 1. The normalized spacial score (nSPS) is 23.0. The van der Waals surface area contributed by atoms with Gasteiger partial charge in [-0.05, 0) is 62.3 Å². The molecular weight excluding hydrogens is 330 g/mol. The molecule has 1 saturated heterocycles. The van der Waals surface area contributed by atoms with Crippen LogP contribution in [0.5, 0.6) is 0 Å². The first-order chi connectivity index (χ1) is 12.6. The number of nitrogens with zero attached hydrogens (tertiary/aromatic N) is 3. The maximum atomic E-state index is 12.8. The second kappa shape index (κ2) is 8.22. The van der Waals surface area contributed by atoms with Crippen molar-refractivity contribution >= 4 is 17.7 Å². The number of anilines is 1. The van der Waals surface area contributed by atoms with Crippen molar-refractivity contribution in [1.82, 2.24) is 4.90 Å². The van der Waals surface area contributed by atoms with Gasteiger partial charge < -0.3 is 9.64 Å². The van der Waals surface area contributed by atoms with Crippen LogP contribution < -0.4 is 4.90 Å². The number of carbonyl (C=O) groups excluding carboxylic acids is 2. The summed E-state index contributed by atoms with van der Waals surface area (Å²) >= 11 is 0. The molecule has 1 aromatic rings. The van der Waals surface area contributed by atoms with Crippen LogP contribution in [0.3, 0.4) is 0 Å². The molecule has 1 heterocycles. The van der Waals surface area contributed by atoms with E-state index in [1.54, 1.807) is 17.0 Å². The van der Waals surface area contributed by atoms with E-state index >= 15 is 0 Å². The van der Waals surface area contributed by atoms with Gasteiger partial charge in [-0.3, -0.25) is 9.69 Å². The number of benzene rings is 1. The minimum absolute atomic E-state index is 0.0627. The van der Waals surface area contributed by atoms with Crippen molar-refractivity contribution in [2.24, 2.45) is 5.92 Å². The maximum absolute atomic E-state index is 12.8. The highest BCUT2D eigenvalue weighted by Gasteiger charge is 2.36. The lowest BCUT2D eigenvalue weighted by molar-refractivity contribution is -0.141. The lowest BCUT2D eigenvalue weighted by Gasteiger charge is -2.34. The van der Waals surface area contributed by atoms with E-state index in [4.69, 9.17) is 10.00 Å². The molecule has 1 saturated carbocycles. The Bertz CT molecular complexity index is 687. The summed E-state index contributed by atoms with van der Waals surface area (Å²) < 4.78 is 4.71. The van der Waals surface area contributed by atoms with E-state index in [-0.39, 0.29) is 12.0 Å². The molecule has 0 bridgehead atoms. The van der Waals surface area contributed by atoms with Crippen molar-refractivity contribution in [2.45, 2.75) is 44.6 Å². The molecular formula is C20H25N3O3. The monoisotopic (exact) mass is 355 g/mol. The Morgan fingerprint density at radius 2 is 1.88 bits per heavy atom. The fraction of sp³-hybridized carbons (Fsp3) is 0.550. The average Bonchev–Trinajstić information content (AvgIpc) is 3.08. The van der Waals surface area contributed by atoms with E-state index in [0.717, 1.165) is 44.3 Å². The summed E-state index contributed by atoms with van der Waals surface area (Å²) in [5.74, 6) is 0.414. The van der Waals surface area contributed by atoms with Crippen LogP contribution in [0.1, 0.15) is 44.1 Å². The Labute approximate surface area is 154 Å². The summed E-state index contributed by atoms with van der Waals surface area (Å²) in [6, 6.07) is 9.62. The van der Waals surface area contributed by atoms with E-state index in [9.17, 15) is 9.59 Å². The maximum Gasteiger partial charge on any atom is 0.324 e. The van der Waals surface area contributed by atoms with Crippen LogP contribution in [-0.4, -0.2) is 43.1 Å². The third-order valence-electron chi connectivity index (χ3n) is 5.59. The summed E-state index contributed by atoms with van der Waals surface area (Å²) in [6.07, 6.45) is 5.48. The van der Waals surface area contributed by atoms with Crippen molar-refractivity contribution in [2.75, 3.05) is 25.1 Å². The minimum atomic E-state index is -0.139. The molecule has 26 heavy (non-hydrogen) atoms. The Morgan fingerprint density at radius 1 is 1.19 bits per heavy atom. The third kappa shape index (κ3) is 3.98. The van der Waals surface area contributed by atoms with Crippen molar-refractivity contribution < 1.29 is 14.3 Å². The van der Waals surface area contributed by atoms with Crippen LogP contribution in [0, 0.1) is 17.2 Å². The summed E-state index contributed by atoms with van der Waals surface area (Å²) in [5.41, 5.74) is 1.45. The predicted molar refractivity (Wildman–Crippen MR) is 97.6 cm³/mol. The van der Waals surface area contributed by atoms with Gasteiger partial charge >= 0.3 is 12.0 Å². The first kappa shape index (κ1) is 18.2. The van der Waals surface area contributed by atoms with E-state index in [0.29, 0.717) is 30.5 Å². The van der Waals surface area contributed by atoms with Crippen LogP contribution in [0.25, 0.3) is 0 Å². The van der Waals surface area contributed by atoms with Gasteiger partial charge in [0, 0.05) is 31.2 Å². The van der Waals surface area contributed by atoms with E-state index < -0.39 is 0 Å². The molecule has 0 radical (unpaired) electrons. The molecule has 1 aliphatic heterocycles. The van der Waals surface area contributed by atoms with Crippen LogP contribution in [-0.2, 0) is 9.53 Å². The number of rotatable bonds is 5. The van der Waals surface area contributed by atoms with Gasteiger partial charge in [0.15, 0.2) is 0 Å². The van der Waals surface area contributed by atoms with Crippen LogP contribution >= 0.6 is 0 Å². The molecule has 0 N–H and O–H groups in total. The van der Waals surface area contributed by atoms with Gasteiger partial charge in [-0.1, -0.05) is 0 Å². The van der Waals surface area contributed by atoms with Crippen LogP contribution in [0.15, 0.2) is 24.3 Å². The molecule has 2 fully saturated rings. The zero-order valence-electron chi connectivity index (χ0n) is 15.2. The molecule has 0 atom stereocenters. The van der Waals surface area contributed by atoms with E-state index in [1.165, 1.54) is 7.11 Å². The molecule has 0 spiro atoms. The Balaban J connectivity index is 1.52. The lowest BCUT2D eigenvalue weighted by Crippen LogP contribution is -2.41. The molecule has 6 heteroatoms.